The Morgan fingerprint density at radius 3 is 2.20 bits per heavy atom. The number of nitrogens with one attached hydrogen (secondary N) is 1. The third-order valence-corrected chi connectivity index (χ3v) is 9.90. The van der Waals surface area contributed by atoms with E-state index in [1.54, 1.807) is 54.3 Å². The summed E-state index contributed by atoms with van der Waals surface area (Å²) in [7, 11) is -4.68. The highest BCUT2D eigenvalue weighted by Gasteiger charge is 2.53. The van der Waals surface area contributed by atoms with Gasteiger partial charge in [-0.25, -0.2) is 13.1 Å². The first-order chi connectivity index (χ1) is 20.2. The van der Waals surface area contributed by atoms with Crippen molar-refractivity contribution >= 4 is 51.0 Å². The summed E-state index contributed by atoms with van der Waals surface area (Å²) in [6.45, 7) is 6.73. The molecule has 2 aromatic carbocycles. The van der Waals surface area contributed by atoms with Gasteiger partial charge in [0.15, 0.2) is 0 Å². The van der Waals surface area contributed by atoms with Crippen LogP contribution >= 0.6 is 23.2 Å². The topological polar surface area (TPSA) is 121 Å². The number of halogens is 5. The van der Waals surface area contributed by atoms with Crippen molar-refractivity contribution < 1.29 is 41.1 Å². The number of carbonyl (C=O) groups excluding carboxylic acids is 2. The molecule has 0 spiro atoms. The average Bonchev–Trinajstić information content (AvgIpc) is 2.88. The minimum Gasteiger partial charge on any atom is -0.481 e. The maximum atomic E-state index is 14.5. The Labute approximate surface area is 265 Å². The Kier molecular flexibility index (Phi) is 11.1. The number of carbonyl (C=O) groups is 3. The second-order valence-corrected chi connectivity index (χ2v) is 14.7. The lowest BCUT2D eigenvalue weighted by atomic mass is 9.66. The van der Waals surface area contributed by atoms with Crippen LogP contribution in [0.5, 0.6) is 0 Å². The van der Waals surface area contributed by atoms with Gasteiger partial charge in [-0.05, 0) is 60.1 Å². The number of amides is 2. The molecule has 14 heteroatoms. The van der Waals surface area contributed by atoms with E-state index < -0.39 is 75.5 Å². The molecule has 2 amide bonds. The highest BCUT2D eigenvalue weighted by Crippen LogP contribution is 2.53. The second-order valence-electron chi connectivity index (χ2n) is 12.1. The number of benzene rings is 2. The zero-order valence-electron chi connectivity index (χ0n) is 24.6. The minimum absolute atomic E-state index is 0.0278. The summed E-state index contributed by atoms with van der Waals surface area (Å²) in [6.07, 6.45) is -5.65. The molecular formula is C30H35Cl2F3N2O6S. The quantitative estimate of drug-likeness (QED) is 0.277. The van der Waals surface area contributed by atoms with Crippen LogP contribution in [0.1, 0.15) is 70.0 Å². The summed E-state index contributed by atoms with van der Waals surface area (Å²) in [6, 6.07) is 12.6. The van der Waals surface area contributed by atoms with E-state index >= 15 is 0 Å². The largest absolute Gasteiger partial charge is 0.481 e. The fourth-order valence-electron chi connectivity index (χ4n) is 6.05. The number of alkyl halides is 3. The number of likely N-dealkylation sites (tertiary alicyclic amines) is 1. The third-order valence-electron chi connectivity index (χ3n) is 7.91. The van der Waals surface area contributed by atoms with E-state index in [1.165, 1.54) is 6.92 Å². The van der Waals surface area contributed by atoms with Crippen LogP contribution in [0.3, 0.4) is 0 Å². The summed E-state index contributed by atoms with van der Waals surface area (Å²) >= 11 is 12.5. The third kappa shape index (κ3) is 8.66. The SMILES string of the molecule is CC(C[C@@H](C(C)C)N1C(=O)[C@@](C)(CC(=O)O)C[C@H](c2cccc(Cl)c2)[C@H]1c1ccc(Cl)cc1)CS(=O)(=O)NC(=O)C(F)(F)F. The molecule has 1 unspecified atom stereocenters. The molecule has 1 fully saturated rings. The Hall–Kier alpha value is -2.83. The van der Waals surface area contributed by atoms with E-state index in [-0.39, 0.29) is 18.8 Å². The maximum Gasteiger partial charge on any atom is 0.472 e. The van der Waals surface area contributed by atoms with Gasteiger partial charge in [-0.3, -0.25) is 14.4 Å². The van der Waals surface area contributed by atoms with Crippen LogP contribution < -0.4 is 4.72 Å². The zero-order valence-corrected chi connectivity index (χ0v) is 26.9. The molecule has 0 saturated carbocycles. The van der Waals surface area contributed by atoms with Crippen molar-refractivity contribution in [2.75, 3.05) is 5.75 Å². The normalized spacial score (nSPS) is 22.5. The van der Waals surface area contributed by atoms with Gasteiger partial charge in [-0.2, -0.15) is 13.2 Å². The number of sulfonamides is 1. The first-order valence-corrected chi connectivity index (χ1v) is 16.3. The number of nitrogens with zero attached hydrogens (tertiary/aromatic N) is 1. The minimum atomic E-state index is -5.38. The van der Waals surface area contributed by atoms with Gasteiger partial charge < -0.3 is 10.0 Å². The van der Waals surface area contributed by atoms with Crippen LogP contribution in [0.2, 0.25) is 10.0 Å². The van der Waals surface area contributed by atoms with E-state index in [0.717, 1.165) is 10.3 Å². The lowest BCUT2D eigenvalue weighted by Gasteiger charge is -2.53. The van der Waals surface area contributed by atoms with Crippen molar-refractivity contribution in [2.24, 2.45) is 17.3 Å². The predicted octanol–water partition coefficient (Wildman–Crippen LogP) is 6.59. The van der Waals surface area contributed by atoms with E-state index in [1.807, 2.05) is 19.9 Å². The number of hydrogen-bond acceptors (Lipinski definition) is 5. The molecule has 0 aliphatic carbocycles. The van der Waals surface area contributed by atoms with Crippen molar-refractivity contribution in [3.05, 3.63) is 69.7 Å². The lowest BCUT2D eigenvalue weighted by molar-refractivity contribution is -0.171. The van der Waals surface area contributed by atoms with Crippen LogP contribution in [-0.2, 0) is 24.4 Å². The van der Waals surface area contributed by atoms with Crippen molar-refractivity contribution in [1.82, 2.24) is 9.62 Å². The van der Waals surface area contributed by atoms with Crippen LogP contribution in [-0.4, -0.2) is 54.2 Å². The molecule has 2 aromatic rings. The summed E-state index contributed by atoms with van der Waals surface area (Å²) in [5, 5.41) is 10.7. The zero-order chi connectivity index (χ0) is 33.2. The van der Waals surface area contributed by atoms with Gasteiger partial charge in [0, 0.05) is 22.0 Å². The second kappa shape index (κ2) is 13.7. The number of aliphatic carboxylic acids is 1. The monoisotopic (exact) mass is 678 g/mol. The molecule has 1 aliphatic heterocycles. The fourth-order valence-corrected chi connectivity index (χ4v) is 7.74. The highest BCUT2D eigenvalue weighted by atomic mass is 35.5. The first-order valence-electron chi connectivity index (χ1n) is 13.9. The molecule has 3 rings (SSSR count). The molecule has 1 saturated heterocycles. The van der Waals surface area contributed by atoms with Crippen LogP contribution in [0.15, 0.2) is 48.5 Å². The number of rotatable bonds is 11. The van der Waals surface area contributed by atoms with E-state index in [2.05, 4.69) is 0 Å². The van der Waals surface area contributed by atoms with Gasteiger partial charge in [-0.1, -0.05) is 75.2 Å². The Bertz CT molecular complexity index is 1490. The van der Waals surface area contributed by atoms with Gasteiger partial charge in [0.2, 0.25) is 15.9 Å². The molecular weight excluding hydrogens is 644 g/mol. The Balaban J connectivity index is 2.14. The highest BCUT2D eigenvalue weighted by molar-refractivity contribution is 7.90. The molecule has 44 heavy (non-hydrogen) atoms. The van der Waals surface area contributed by atoms with Crippen molar-refractivity contribution in [3.8, 4) is 0 Å². The van der Waals surface area contributed by atoms with Gasteiger partial charge in [0.05, 0.1) is 23.6 Å². The first kappa shape index (κ1) is 35.6. The van der Waals surface area contributed by atoms with E-state index in [0.29, 0.717) is 15.6 Å². The molecule has 1 aliphatic rings. The molecule has 5 atom stereocenters. The number of hydrogen-bond donors (Lipinski definition) is 2. The maximum absolute atomic E-state index is 14.5. The van der Waals surface area contributed by atoms with Gasteiger partial charge in [0.25, 0.3) is 0 Å². The van der Waals surface area contributed by atoms with Crippen LogP contribution in [0.25, 0.3) is 0 Å². The Morgan fingerprint density at radius 1 is 1.07 bits per heavy atom. The molecule has 1 heterocycles. The van der Waals surface area contributed by atoms with Crippen molar-refractivity contribution in [2.45, 2.75) is 71.1 Å². The summed E-state index contributed by atoms with van der Waals surface area (Å²) in [5.74, 6) is -6.56. The molecule has 0 aromatic heterocycles. The molecule has 0 radical (unpaired) electrons. The van der Waals surface area contributed by atoms with Crippen molar-refractivity contribution in [3.63, 3.8) is 0 Å². The van der Waals surface area contributed by atoms with E-state index in [4.69, 9.17) is 23.2 Å². The molecule has 242 valence electrons. The predicted molar refractivity (Wildman–Crippen MR) is 161 cm³/mol. The fraction of sp³-hybridized carbons (Fsp3) is 0.500. The smallest absolute Gasteiger partial charge is 0.472 e. The van der Waals surface area contributed by atoms with E-state index in [9.17, 15) is 41.1 Å². The number of carboxylic acids is 1. The standard InChI is InChI=1S/C30H35Cl2F3N2O6S/c1-17(2)24(12-18(3)16-44(42,43)36-27(40)30(33,34)35)37-26(19-8-10-21(31)11-9-19)23(20-6-5-7-22(32)13-20)14-29(4,28(37)41)15-25(38)39/h5-11,13,17-18,23-24,26H,12,14-16H2,1-4H3,(H,36,40)(H,38,39)/t18?,23-,24+,26-,29-/m1/s1. The summed E-state index contributed by atoms with van der Waals surface area (Å²) in [5.41, 5.74) is 0.109. The lowest BCUT2D eigenvalue weighted by Crippen LogP contribution is -2.57. The average molecular weight is 680 g/mol. The summed E-state index contributed by atoms with van der Waals surface area (Å²) < 4.78 is 64.3. The number of carboxylic acid groups (broad SMARTS) is 1. The number of piperidine rings is 1. The van der Waals surface area contributed by atoms with Crippen LogP contribution in [0.4, 0.5) is 13.2 Å². The molecule has 0 bridgehead atoms. The van der Waals surface area contributed by atoms with Gasteiger partial charge >= 0.3 is 18.1 Å². The van der Waals surface area contributed by atoms with Gasteiger partial charge in [-0.15, -0.1) is 0 Å². The van der Waals surface area contributed by atoms with Crippen LogP contribution in [0, 0.1) is 17.3 Å². The van der Waals surface area contributed by atoms with Crippen molar-refractivity contribution in [1.29, 1.82) is 0 Å². The Morgan fingerprint density at radius 2 is 1.68 bits per heavy atom. The molecule has 2 N–H and O–H groups in total. The molecule has 8 nitrogen and oxygen atoms in total. The summed E-state index contributed by atoms with van der Waals surface area (Å²) in [4.78, 5) is 39.4. The van der Waals surface area contributed by atoms with Gasteiger partial charge in [0.1, 0.15) is 0 Å².